The number of benzene rings is 1. The van der Waals surface area contributed by atoms with Crippen LogP contribution in [0.3, 0.4) is 0 Å². The summed E-state index contributed by atoms with van der Waals surface area (Å²) in [6.07, 6.45) is 4.36. The smallest absolute Gasteiger partial charge is 0.250 e. The molecule has 2 N–H and O–H groups in total. The zero-order valence-electron chi connectivity index (χ0n) is 18.0. The quantitative estimate of drug-likeness (QED) is 0.317. The molecule has 1 aromatic heterocycles. The minimum atomic E-state index is 0. The first kappa shape index (κ1) is 24.4. The fraction of sp³-hybridized carbons (Fsp3) is 0.478. The Hall–Kier alpha value is -1.87. The maximum absolute atomic E-state index is 11.9. The first-order valence-corrected chi connectivity index (χ1v) is 10.7. The van der Waals surface area contributed by atoms with Crippen LogP contribution in [0.4, 0.5) is 0 Å². The molecule has 0 spiro atoms. The number of nitrogens with one attached hydrogen (secondary N) is 2. The van der Waals surface area contributed by atoms with E-state index in [0.717, 1.165) is 36.7 Å². The third-order valence-electron chi connectivity index (χ3n) is 5.45. The second-order valence-corrected chi connectivity index (χ2v) is 7.48. The van der Waals surface area contributed by atoms with E-state index < -0.39 is 0 Å². The van der Waals surface area contributed by atoms with Gasteiger partial charge in [-0.15, -0.1) is 24.0 Å². The van der Waals surface area contributed by atoms with Crippen molar-refractivity contribution in [3.8, 4) is 0 Å². The lowest BCUT2D eigenvalue weighted by molar-refractivity contribution is 0.267. The molecule has 0 bridgehead atoms. The summed E-state index contributed by atoms with van der Waals surface area (Å²) in [4.78, 5) is 19.1. The molecule has 1 fully saturated rings. The first-order valence-electron chi connectivity index (χ1n) is 10.7. The highest BCUT2D eigenvalue weighted by molar-refractivity contribution is 14.0. The second kappa shape index (κ2) is 12.7. The number of hydrogen-bond acceptors (Lipinski definition) is 3. The molecule has 3 rings (SSSR count). The highest BCUT2D eigenvalue weighted by Crippen LogP contribution is 2.15. The number of rotatable bonds is 8. The summed E-state index contributed by atoms with van der Waals surface area (Å²) in [6.45, 7) is 9.63. The molecule has 1 aliphatic rings. The van der Waals surface area contributed by atoms with Crippen LogP contribution in [0.2, 0.25) is 0 Å². The van der Waals surface area contributed by atoms with Crippen LogP contribution in [-0.4, -0.2) is 47.6 Å². The molecule has 6 nitrogen and oxygen atoms in total. The van der Waals surface area contributed by atoms with Gasteiger partial charge in [-0.25, -0.2) is 4.99 Å². The lowest BCUT2D eigenvalue weighted by Crippen LogP contribution is -2.44. The van der Waals surface area contributed by atoms with Gasteiger partial charge in [-0.05, 0) is 50.0 Å². The van der Waals surface area contributed by atoms with Gasteiger partial charge in [-0.1, -0.05) is 37.3 Å². The maximum atomic E-state index is 11.9. The maximum Gasteiger partial charge on any atom is 0.250 e. The summed E-state index contributed by atoms with van der Waals surface area (Å²) >= 11 is 0. The molecule has 0 saturated carbocycles. The normalized spacial score (nSPS) is 16.9. The van der Waals surface area contributed by atoms with Gasteiger partial charge in [0.15, 0.2) is 5.96 Å². The fourth-order valence-corrected chi connectivity index (χ4v) is 3.81. The molecule has 7 heteroatoms. The van der Waals surface area contributed by atoms with Crippen LogP contribution in [0.1, 0.15) is 37.8 Å². The van der Waals surface area contributed by atoms with Gasteiger partial charge >= 0.3 is 0 Å². The number of pyridine rings is 1. The molecule has 0 aliphatic carbocycles. The molecule has 2 heterocycles. The van der Waals surface area contributed by atoms with Crippen molar-refractivity contribution in [3.05, 3.63) is 70.1 Å². The number of likely N-dealkylation sites (N-methyl/N-ethyl adjacent to an activating group) is 1. The highest BCUT2D eigenvalue weighted by atomic mass is 127. The van der Waals surface area contributed by atoms with Crippen molar-refractivity contribution in [2.24, 2.45) is 4.99 Å². The summed E-state index contributed by atoms with van der Waals surface area (Å²) in [7, 11) is 0. The van der Waals surface area contributed by atoms with Gasteiger partial charge in [0.25, 0.3) is 5.56 Å². The van der Waals surface area contributed by atoms with Crippen LogP contribution >= 0.6 is 24.0 Å². The number of halogens is 1. The molecule has 1 saturated heterocycles. The topological polar surface area (TPSA) is 61.7 Å². The molecule has 1 aliphatic heterocycles. The molecular formula is C23H34IN5O. The van der Waals surface area contributed by atoms with Crippen molar-refractivity contribution in [1.82, 2.24) is 20.1 Å². The monoisotopic (exact) mass is 523 g/mol. The summed E-state index contributed by atoms with van der Waals surface area (Å²) in [5, 5.41) is 6.85. The van der Waals surface area contributed by atoms with Crippen molar-refractivity contribution in [3.63, 3.8) is 0 Å². The van der Waals surface area contributed by atoms with Gasteiger partial charge < -0.3 is 15.2 Å². The Morgan fingerprint density at radius 3 is 2.57 bits per heavy atom. The summed E-state index contributed by atoms with van der Waals surface area (Å²) in [5.41, 5.74) is 2.28. The van der Waals surface area contributed by atoms with E-state index in [2.05, 4.69) is 53.6 Å². The number of aliphatic imine (C=N–C) groups is 1. The molecule has 1 atom stereocenters. The van der Waals surface area contributed by atoms with Crippen molar-refractivity contribution < 1.29 is 0 Å². The lowest BCUT2D eigenvalue weighted by Gasteiger charge is -2.24. The molecule has 164 valence electrons. The molecule has 0 radical (unpaired) electrons. The highest BCUT2D eigenvalue weighted by Gasteiger charge is 2.22. The third-order valence-corrected chi connectivity index (χ3v) is 5.45. The Morgan fingerprint density at radius 1 is 1.10 bits per heavy atom. The number of aromatic nitrogens is 1. The predicted molar refractivity (Wildman–Crippen MR) is 135 cm³/mol. The Bertz CT molecular complexity index is 849. The van der Waals surface area contributed by atoms with Crippen LogP contribution in [-0.2, 0) is 13.1 Å². The number of likely N-dealkylation sites (tertiary alicyclic amines) is 1. The van der Waals surface area contributed by atoms with Gasteiger partial charge in [0.2, 0.25) is 0 Å². The summed E-state index contributed by atoms with van der Waals surface area (Å²) < 4.78 is 1.71. The van der Waals surface area contributed by atoms with E-state index in [1.54, 1.807) is 16.7 Å². The van der Waals surface area contributed by atoms with E-state index in [1.165, 1.54) is 19.4 Å². The Morgan fingerprint density at radius 2 is 1.87 bits per heavy atom. The number of guanidine groups is 1. The Labute approximate surface area is 196 Å². The summed E-state index contributed by atoms with van der Waals surface area (Å²) in [5.74, 6) is 0.871. The van der Waals surface area contributed by atoms with Crippen molar-refractivity contribution >= 4 is 29.9 Å². The predicted octanol–water partition coefficient (Wildman–Crippen LogP) is 3.05. The zero-order chi connectivity index (χ0) is 20.5. The van der Waals surface area contributed by atoms with E-state index in [0.29, 0.717) is 19.1 Å². The van der Waals surface area contributed by atoms with Crippen LogP contribution < -0.4 is 16.2 Å². The van der Waals surface area contributed by atoms with Gasteiger partial charge in [0, 0.05) is 31.4 Å². The molecular weight excluding hydrogens is 489 g/mol. The minimum absolute atomic E-state index is 0. The average Bonchev–Trinajstić information content (AvgIpc) is 3.20. The molecule has 1 aromatic carbocycles. The van der Waals surface area contributed by atoms with Crippen molar-refractivity contribution in [1.29, 1.82) is 0 Å². The SMILES string of the molecule is CCNC(=NCc1ccc(Cn2ccccc2=O)cc1)NCC1CCCN1CC.I. The lowest BCUT2D eigenvalue weighted by atomic mass is 10.1. The van der Waals surface area contributed by atoms with Crippen LogP contribution in [0.5, 0.6) is 0 Å². The molecule has 1 unspecified atom stereocenters. The summed E-state index contributed by atoms with van der Waals surface area (Å²) in [6, 6.07) is 14.2. The molecule has 2 aromatic rings. The minimum Gasteiger partial charge on any atom is -0.357 e. The standard InChI is InChI=1S/C23H33N5O.HI/c1-3-24-23(26-17-21-8-7-15-27(21)4-2)25-16-19-10-12-20(13-11-19)18-28-14-6-5-9-22(28)29;/h5-6,9-14,21H,3-4,7-8,15-18H2,1-2H3,(H2,24,25,26);1H. The van der Waals surface area contributed by atoms with Gasteiger partial charge in [-0.3, -0.25) is 9.69 Å². The van der Waals surface area contributed by atoms with E-state index in [1.807, 2.05) is 12.3 Å². The average molecular weight is 523 g/mol. The second-order valence-electron chi connectivity index (χ2n) is 7.48. The largest absolute Gasteiger partial charge is 0.357 e. The fourth-order valence-electron chi connectivity index (χ4n) is 3.81. The van der Waals surface area contributed by atoms with Crippen LogP contribution in [0, 0.1) is 0 Å². The zero-order valence-corrected chi connectivity index (χ0v) is 20.3. The Kier molecular flexibility index (Phi) is 10.4. The van der Waals surface area contributed by atoms with E-state index in [-0.39, 0.29) is 29.5 Å². The van der Waals surface area contributed by atoms with Gasteiger partial charge in [0.1, 0.15) is 0 Å². The first-order chi connectivity index (χ1) is 14.2. The molecule has 30 heavy (non-hydrogen) atoms. The van der Waals surface area contributed by atoms with Crippen molar-refractivity contribution in [2.75, 3.05) is 26.2 Å². The van der Waals surface area contributed by atoms with E-state index in [4.69, 9.17) is 4.99 Å². The van der Waals surface area contributed by atoms with E-state index in [9.17, 15) is 4.79 Å². The van der Waals surface area contributed by atoms with Crippen molar-refractivity contribution in [2.45, 2.75) is 45.8 Å². The number of hydrogen-bond donors (Lipinski definition) is 2. The Balaban J connectivity index is 0.00000320. The number of nitrogens with zero attached hydrogens (tertiary/aromatic N) is 3. The third kappa shape index (κ3) is 7.12. The van der Waals surface area contributed by atoms with Crippen LogP contribution in [0.25, 0.3) is 0 Å². The van der Waals surface area contributed by atoms with Gasteiger partial charge in [0.05, 0.1) is 13.1 Å². The van der Waals surface area contributed by atoms with E-state index >= 15 is 0 Å². The van der Waals surface area contributed by atoms with Crippen LogP contribution in [0.15, 0.2) is 58.4 Å². The van der Waals surface area contributed by atoms with Gasteiger partial charge in [-0.2, -0.15) is 0 Å². The molecule has 0 amide bonds.